The van der Waals surface area contributed by atoms with Crippen LogP contribution in [0.4, 0.5) is 13.2 Å². The second kappa shape index (κ2) is 2.93. The molecule has 2 unspecified atom stereocenters. The lowest BCUT2D eigenvalue weighted by Crippen LogP contribution is -2.43. The zero-order valence-electron chi connectivity index (χ0n) is 6.06. The summed E-state index contributed by atoms with van der Waals surface area (Å²) in [6.45, 7) is -0.622. The Balaban J connectivity index is 2.70. The van der Waals surface area contributed by atoms with E-state index >= 15 is 0 Å². The maximum absolute atomic E-state index is 12.0. The van der Waals surface area contributed by atoms with E-state index in [0.29, 0.717) is 0 Å². The van der Waals surface area contributed by atoms with Gasteiger partial charge in [0, 0.05) is 18.9 Å². The quantitative estimate of drug-likeness (QED) is 0.603. The van der Waals surface area contributed by atoms with Crippen LogP contribution in [0.3, 0.4) is 0 Å². The van der Waals surface area contributed by atoms with Gasteiger partial charge in [0.25, 0.3) is 0 Å². The second-order valence-corrected chi connectivity index (χ2v) is 2.73. The van der Waals surface area contributed by atoms with E-state index in [9.17, 15) is 18.0 Å². The van der Waals surface area contributed by atoms with Gasteiger partial charge in [-0.3, -0.25) is 4.79 Å². The van der Waals surface area contributed by atoms with Crippen molar-refractivity contribution in [1.82, 2.24) is 5.32 Å². The number of hydrogen-bond acceptors (Lipinski definition) is 2. The van der Waals surface area contributed by atoms with Gasteiger partial charge in [0.15, 0.2) is 0 Å². The van der Waals surface area contributed by atoms with Crippen LogP contribution in [0.2, 0.25) is 0 Å². The maximum Gasteiger partial charge on any atom is 0.408 e. The van der Waals surface area contributed by atoms with Crippen molar-refractivity contribution in [3.05, 3.63) is 0 Å². The van der Waals surface area contributed by atoms with E-state index in [4.69, 9.17) is 5.11 Å². The van der Waals surface area contributed by atoms with Crippen LogP contribution >= 0.6 is 0 Å². The molecule has 0 aromatic carbocycles. The Morgan fingerprint density at radius 2 is 2.17 bits per heavy atom. The molecule has 1 saturated heterocycles. The topological polar surface area (TPSA) is 49.3 Å². The van der Waals surface area contributed by atoms with E-state index in [1.807, 2.05) is 0 Å². The summed E-state index contributed by atoms with van der Waals surface area (Å²) in [5, 5.41) is 10.3. The number of carbonyl (C=O) groups excluding carboxylic acids is 1. The van der Waals surface area contributed by atoms with Gasteiger partial charge in [0.1, 0.15) is 6.04 Å². The van der Waals surface area contributed by atoms with Gasteiger partial charge >= 0.3 is 6.18 Å². The number of aliphatic hydroxyl groups is 1. The molecule has 1 fully saturated rings. The first kappa shape index (κ1) is 9.31. The Morgan fingerprint density at radius 3 is 2.50 bits per heavy atom. The third-order valence-electron chi connectivity index (χ3n) is 1.82. The number of alkyl halides is 3. The van der Waals surface area contributed by atoms with Crippen molar-refractivity contribution in [3.63, 3.8) is 0 Å². The molecule has 0 radical (unpaired) electrons. The third-order valence-corrected chi connectivity index (χ3v) is 1.82. The number of hydrogen-bond donors (Lipinski definition) is 2. The van der Waals surface area contributed by atoms with Crippen molar-refractivity contribution in [2.75, 3.05) is 6.61 Å². The predicted molar refractivity (Wildman–Crippen MR) is 33.2 cm³/mol. The first-order valence-electron chi connectivity index (χ1n) is 3.42. The van der Waals surface area contributed by atoms with Crippen LogP contribution in [0.1, 0.15) is 6.42 Å². The fourth-order valence-electron chi connectivity index (χ4n) is 1.23. The van der Waals surface area contributed by atoms with E-state index < -0.39 is 30.7 Å². The Bertz CT molecular complexity index is 192. The molecular weight excluding hydrogens is 175 g/mol. The van der Waals surface area contributed by atoms with Crippen LogP contribution in [0.5, 0.6) is 0 Å². The molecular formula is C6H8F3NO2. The summed E-state index contributed by atoms with van der Waals surface area (Å²) in [5.74, 6) is -1.69. The van der Waals surface area contributed by atoms with Crippen LogP contribution in [0.25, 0.3) is 0 Å². The maximum atomic E-state index is 12.0. The lowest BCUT2D eigenvalue weighted by Gasteiger charge is -2.19. The normalized spacial score (nSPS) is 30.5. The standard InChI is InChI=1S/C6H8F3NO2/c7-6(8,9)5-3(2-11)1-4(12)10-5/h3,5,11H,1-2H2,(H,10,12). The highest BCUT2D eigenvalue weighted by atomic mass is 19.4. The summed E-state index contributed by atoms with van der Waals surface area (Å²) in [6.07, 6.45) is -4.71. The number of nitrogens with one attached hydrogen (secondary N) is 1. The molecule has 0 aromatic rings. The molecule has 0 spiro atoms. The highest BCUT2D eigenvalue weighted by Gasteiger charge is 2.49. The minimum atomic E-state index is -4.46. The minimum Gasteiger partial charge on any atom is -0.396 e. The SMILES string of the molecule is O=C1CC(CO)C(C(F)(F)F)N1. The van der Waals surface area contributed by atoms with Gasteiger partial charge in [-0.1, -0.05) is 0 Å². The predicted octanol–water partition coefficient (Wildman–Crippen LogP) is 0.0457. The van der Waals surface area contributed by atoms with Crippen LogP contribution in [0, 0.1) is 5.92 Å². The van der Waals surface area contributed by atoms with Gasteiger partial charge in [-0.2, -0.15) is 13.2 Å². The van der Waals surface area contributed by atoms with Crippen molar-refractivity contribution in [1.29, 1.82) is 0 Å². The van der Waals surface area contributed by atoms with Crippen LogP contribution in [0.15, 0.2) is 0 Å². The minimum absolute atomic E-state index is 0.249. The first-order chi connectivity index (χ1) is 5.45. The van der Waals surface area contributed by atoms with Gasteiger partial charge in [-0.25, -0.2) is 0 Å². The molecule has 1 heterocycles. The fraction of sp³-hybridized carbons (Fsp3) is 0.833. The van der Waals surface area contributed by atoms with Crippen molar-refractivity contribution >= 4 is 5.91 Å². The number of aliphatic hydroxyl groups excluding tert-OH is 1. The molecule has 0 aromatic heterocycles. The third kappa shape index (κ3) is 1.69. The number of halogens is 3. The van der Waals surface area contributed by atoms with E-state index in [1.54, 1.807) is 5.32 Å². The second-order valence-electron chi connectivity index (χ2n) is 2.73. The van der Waals surface area contributed by atoms with Gasteiger partial charge in [-0.15, -0.1) is 0 Å². The van der Waals surface area contributed by atoms with E-state index in [2.05, 4.69) is 0 Å². The lowest BCUT2D eigenvalue weighted by molar-refractivity contribution is -0.164. The molecule has 1 rings (SSSR count). The smallest absolute Gasteiger partial charge is 0.396 e. The summed E-state index contributed by atoms with van der Waals surface area (Å²) in [6, 6.07) is -1.88. The zero-order valence-corrected chi connectivity index (χ0v) is 6.06. The van der Waals surface area contributed by atoms with Gasteiger partial charge in [0.2, 0.25) is 5.91 Å². The van der Waals surface area contributed by atoms with Gasteiger partial charge < -0.3 is 10.4 Å². The van der Waals surface area contributed by atoms with E-state index in [0.717, 1.165) is 0 Å². The molecule has 0 bridgehead atoms. The molecule has 6 heteroatoms. The average Bonchev–Trinajstić information content (AvgIpc) is 2.29. The molecule has 1 aliphatic heterocycles. The zero-order chi connectivity index (χ0) is 9.35. The molecule has 1 amide bonds. The Kier molecular flexibility index (Phi) is 2.27. The summed E-state index contributed by atoms with van der Waals surface area (Å²) in [7, 11) is 0. The summed E-state index contributed by atoms with van der Waals surface area (Å²) in [4.78, 5) is 10.5. The summed E-state index contributed by atoms with van der Waals surface area (Å²) >= 11 is 0. The number of carbonyl (C=O) groups is 1. The Labute approximate surface area is 66.6 Å². The van der Waals surface area contributed by atoms with Crippen molar-refractivity contribution < 1.29 is 23.1 Å². The first-order valence-corrected chi connectivity index (χ1v) is 3.42. The van der Waals surface area contributed by atoms with Gasteiger partial charge in [-0.05, 0) is 0 Å². The van der Waals surface area contributed by atoms with Gasteiger partial charge in [0.05, 0.1) is 0 Å². The molecule has 0 saturated carbocycles. The Morgan fingerprint density at radius 1 is 1.58 bits per heavy atom. The van der Waals surface area contributed by atoms with Crippen molar-refractivity contribution in [2.24, 2.45) is 5.92 Å². The highest BCUT2D eigenvalue weighted by molar-refractivity contribution is 5.79. The number of rotatable bonds is 1. The fourth-order valence-corrected chi connectivity index (χ4v) is 1.23. The largest absolute Gasteiger partial charge is 0.408 e. The summed E-state index contributed by atoms with van der Waals surface area (Å²) in [5.41, 5.74) is 0. The average molecular weight is 183 g/mol. The molecule has 1 aliphatic rings. The molecule has 0 aliphatic carbocycles. The molecule has 2 N–H and O–H groups in total. The van der Waals surface area contributed by atoms with Crippen molar-refractivity contribution in [3.8, 4) is 0 Å². The lowest BCUT2D eigenvalue weighted by atomic mass is 10.0. The Hall–Kier alpha value is -0.780. The molecule has 3 nitrogen and oxygen atoms in total. The molecule has 2 atom stereocenters. The molecule has 70 valence electrons. The van der Waals surface area contributed by atoms with Crippen LogP contribution in [-0.4, -0.2) is 29.8 Å². The molecule has 12 heavy (non-hydrogen) atoms. The number of amides is 1. The van der Waals surface area contributed by atoms with E-state index in [-0.39, 0.29) is 6.42 Å². The van der Waals surface area contributed by atoms with Crippen molar-refractivity contribution in [2.45, 2.75) is 18.6 Å². The summed E-state index contributed by atoms with van der Waals surface area (Å²) < 4.78 is 36.1. The van der Waals surface area contributed by atoms with Crippen LogP contribution in [-0.2, 0) is 4.79 Å². The van der Waals surface area contributed by atoms with E-state index in [1.165, 1.54) is 0 Å². The van der Waals surface area contributed by atoms with Crippen LogP contribution < -0.4 is 5.32 Å². The monoisotopic (exact) mass is 183 g/mol. The highest BCUT2D eigenvalue weighted by Crippen LogP contribution is 2.30.